The first-order chi connectivity index (χ1) is 5.16. The molecule has 0 aromatic carbocycles. The zero-order valence-electron chi connectivity index (χ0n) is 6.03. The second kappa shape index (κ2) is 5.21. The van der Waals surface area contributed by atoms with Crippen molar-refractivity contribution < 1.29 is 14.3 Å². The van der Waals surface area contributed by atoms with E-state index in [-0.39, 0.29) is 6.61 Å². The van der Waals surface area contributed by atoms with Crippen molar-refractivity contribution in [2.24, 2.45) is 10.8 Å². The van der Waals surface area contributed by atoms with Crippen LogP contribution in [0.5, 0.6) is 0 Å². The molecule has 0 unspecified atom stereocenters. The molecule has 0 aromatic rings. The van der Waals surface area contributed by atoms with E-state index in [4.69, 9.17) is 0 Å². The maximum Gasteiger partial charge on any atom is 0.351 e. The van der Waals surface area contributed by atoms with E-state index in [9.17, 15) is 9.59 Å². The molecule has 11 heavy (non-hydrogen) atoms. The molecule has 6 nitrogen and oxygen atoms in total. The third kappa shape index (κ3) is 6.29. The average molecular weight is 159 g/mol. The smallest absolute Gasteiger partial charge is 0.351 e. The van der Waals surface area contributed by atoms with Gasteiger partial charge in [-0.15, -0.1) is 0 Å². The normalized spacial score (nSPS) is 9.55. The lowest BCUT2D eigenvalue weighted by Crippen LogP contribution is -2.25. The average Bonchev–Trinajstić information content (AvgIpc) is 1.87. The molecular formula is C5H9N3O3. The highest BCUT2D eigenvalue weighted by Crippen LogP contribution is 1.71. The van der Waals surface area contributed by atoms with Crippen LogP contribution >= 0.6 is 0 Å². The first-order valence-corrected chi connectivity index (χ1v) is 2.92. The third-order valence-corrected chi connectivity index (χ3v) is 0.631. The number of nitrogens with zero attached hydrogens (tertiary/aromatic N) is 1. The van der Waals surface area contributed by atoms with E-state index in [0.29, 0.717) is 0 Å². The number of nitrogens with one attached hydrogen (secondary N) is 1. The summed E-state index contributed by atoms with van der Waals surface area (Å²) in [5, 5.41) is 3.17. The van der Waals surface area contributed by atoms with E-state index in [1.165, 1.54) is 0 Å². The van der Waals surface area contributed by atoms with Crippen molar-refractivity contribution in [3.05, 3.63) is 0 Å². The van der Waals surface area contributed by atoms with E-state index in [1.54, 1.807) is 6.92 Å². The lowest BCUT2D eigenvalue weighted by atomic mass is 10.7. The van der Waals surface area contributed by atoms with Gasteiger partial charge in [0.15, 0.2) is 0 Å². The minimum absolute atomic E-state index is 0.265. The first-order valence-electron chi connectivity index (χ1n) is 2.92. The monoisotopic (exact) mass is 159 g/mol. The molecule has 0 rings (SSSR count). The molecule has 0 radical (unpaired) electrons. The number of rotatable bonds is 3. The summed E-state index contributed by atoms with van der Waals surface area (Å²) in [6, 6.07) is -0.828. The number of nitrogens with two attached hydrogens (primary N) is 1. The fourth-order valence-electron chi connectivity index (χ4n) is 0.328. The van der Waals surface area contributed by atoms with E-state index in [2.05, 4.69) is 15.6 Å². The Morgan fingerprint density at radius 2 is 2.36 bits per heavy atom. The van der Waals surface area contributed by atoms with Crippen LogP contribution < -0.4 is 11.2 Å². The highest BCUT2D eigenvalue weighted by Gasteiger charge is 1.93. The summed E-state index contributed by atoms with van der Waals surface area (Å²) in [4.78, 5) is 20.4. The minimum Gasteiger partial charge on any atom is -0.462 e. The standard InChI is InChI=1S/C5H9N3O3/c1-2-11-4(9)3-7-8-5(6)10/h3H,2H2,1H3,(H3,6,8,10). The number of hydrogen-bond donors (Lipinski definition) is 2. The van der Waals surface area contributed by atoms with Gasteiger partial charge >= 0.3 is 12.0 Å². The number of esters is 1. The molecule has 0 aromatic heterocycles. The number of carbonyl (C=O) groups excluding carboxylic acids is 2. The molecule has 0 aliphatic heterocycles. The summed E-state index contributed by atoms with van der Waals surface area (Å²) in [6.07, 6.45) is 0.828. The Bertz CT molecular complexity index is 178. The van der Waals surface area contributed by atoms with Crippen LogP contribution in [-0.2, 0) is 9.53 Å². The van der Waals surface area contributed by atoms with Crippen LogP contribution in [0.2, 0.25) is 0 Å². The molecule has 2 amide bonds. The summed E-state index contributed by atoms with van der Waals surface area (Å²) >= 11 is 0. The van der Waals surface area contributed by atoms with Crippen molar-refractivity contribution in [1.29, 1.82) is 0 Å². The molecule has 3 N–H and O–H groups in total. The van der Waals surface area contributed by atoms with Crippen LogP contribution in [0.15, 0.2) is 5.10 Å². The predicted molar refractivity (Wildman–Crippen MR) is 37.8 cm³/mol. The number of hydrogen-bond acceptors (Lipinski definition) is 4. The lowest BCUT2D eigenvalue weighted by molar-refractivity contribution is -0.134. The highest BCUT2D eigenvalue weighted by molar-refractivity contribution is 6.23. The number of hydrazone groups is 1. The van der Waals surface area contributed by atoms with Crippen LogP contribution in [-0.4, -0.2) is 24.8 Å². The fourth-order valence-corrected chi connectivity index (χ4v) is 0.328. The highest BCUT2D eigenvalue weighted by atomic mass is 16.5. The third-order valence-electron chi connectivity index (χ3n) is 0.631. The van der Waals surface area contributed by atoms with Crippen LogP contribution in [0.25, 0.3) is 0 Å². The molecule has 0 saturated heterocycles. The molecule has 0 spiro atoms. The van der Waals surface area contributed by atoms with Gasteiger partial charge in [0.2, 0.25) is 0 Å². The summed E-state index contributed by atoms with van der Waals surface area (Å²) in [5.41, 5.74) is 6.48. The Kier molecular flexibility index (Phi) is 4.46. The van der Waals surface area contributed by atoms with Gasteiger partial charge in [0, 0.05) is 0 Å². The van der Waals surface area contributed by atoms with Gasteiger partial charge in [-0.1, -0.05) is 0 Å². The van der Waals surface area contributed by atoms with Gasteiger partial charge < -0.3 is 10.5 Å². The molecule has 0 saturated carbocycles. The minimum atomic E-state index is -0.828. The molecule has 0 heterocycles. The number of ether oxygens (including phenoxy) is 1. The summed E-state index contributed by atoms with van der Waals surface area (Å²) in [5.74, 6) is -0.624. The molecule has 0 atom stereocenters. The Hall–Kier alpha value is -1.59. The Labute approximate surface area is 63.4 Å². The predicted octanol–water partition coefficient (Wildman–Crippen LogP) is -0.796. The van der Waals surface area contributed by atoms with Gasteiger partial charge in [-0.2, -0.15) is 5.10 Å². The molecular weight excluding hydrogens is 150 g/mol. The van der Waals surface area contributed by atoms with Crippen molar-refractivity contribution in [2.45, 2.75) is 6.92 Å². The van der Waals surface area contributed by atoms with E-state index in [0.717, 1.165) is 6.21 Å². The molecule has 0 aliphatic carbocycles. The molecule has 0 aliphatic rings. The largest absolute Gasteiger partial charge is 0.462 e. The quantitative estimate of drug-likeness (QED) is 0.321. The van der Waals surface area contributed by atoms with E-state index >= 15 is 0 Å². The zero-order valence-corrected chi connectivity index (χ0v) is 6.03. The van der Waals surface area contributed by atoms with Gasteiger partial charge in [-0.05, 0) is 6.92 Å². The van der Waals surface area contributed by atoms with Gasteiger partial charge in [-0.25, -0.2) is 15.0 Å². The second-order valence-corrected chi connectivity index (χ2v) is 1.49. The van der Waals surface area contributed by atoms with Crippen LogP contribution in [0.3, 0.4) is 0 Å². The molecule has 0 bridgehead atoms. The Balaban J connectivity index is 3.56. The maximum atomic E-state index is 10.5. The van der Waals surface area contributed by atoms with Gasteiger partial charge in [-0.3, -0.25) is 0 Å². The number of carbonyl (C=O) groups is 2. The number of amides is 2. The van der Waals surface area contributed by atoms with Gasteiger partial charge in [0.05, 0.1) is 6.61 Å². The topological polar surface area (TPSA) is 93.8 Å². The maximum absolute atomic E-state index is 10.5. The Morgan fingerprint density at radius 3 is 2.82 bits per heavy atom. The van der Waals surface area contributed by atoms with Crippen molar-refractivity contribution in [2.75, 3.05) is 6.61 Å². The number of urea groups is 1. The lowest BCUT2D eigenvalue weighted by Gasteiger charge is -1.93. The van der Waals surface area contributed by atoms with Crippen molar-refractivity contribution in [3.63, 3.8) is 0 Å². The van der Waals surface area contributed by atoms with E-state index in [1.807, 2.05) is 5.43 Å². The molecule has 0 fully saturated rings. The van der Waals surface area contributed by atoms with Crippen LogP contribution in [0.4, 0.5) is 4.79 Å². The SMILES string of the molecule is CCOC(=O)C=NNC(N)=O. The Morgan fingerprint density at radius 1 is 1.73 bits per heavy atom. The first kappa shape index (κ1) is 9.41. The molecule has 6 heteroatoms. The number of primary amides is 1. The zero-order chi connectivity index (χ0) is 8.69. The van der Waals surface area contributed by atoms with Gasteiger partial charge in [0.1, 0.15) is 6.21 Å². The summed E-state index contributed by atoms with van der Waals surface area (Å²) in [6.45, 7) is 1.93. The van der Waals surface area contributed by atoms with Crippen LogP contribution in [0.1, 0.15) is 6.92 Å². The van der Waals surface area contributed by atoms with Crippen molar-refractivity contribution >= 4 is 18.2 Å². The van der Waals surface area contributed by atoms with Crippen molar-refractivity contribution in [1.82, 2.24) is 5.43 Å². The summed E-state index contributed by atoms with van der Waals surface area (Å²) < 4.78 is 4.44. The van der Waals surface area contributed by atoms with Crippen molar-refractivity contribution in [3.8, 4) is 0 Å². The summed E-state index contributed by atoms with van der Waals surface area (Å²) in [7, 11) is 0. The fraction of sp³-hybridized carbons (Fsp3) is 0.400. The van der Waals surface area contributed by atoms with Crippen LogP contribution in [0, 0.1) is 0 Å². The molecule has 62 valence electrons. The van der Waals surface area contributed by atoms with Gasteiger partial charge in [0.25, 0.3) is 0 Å². The van der Waals surface area contributed by atoms with E-state index < -0.39 is 12.0 Å². The second-order valence-electron chi connectivity index (χ2n) is 1.49.